The predicted octanol–water partition coefficient (Wildman–Crippen LogP) is -0.162. The quantitative estimate of drug-likeness (QED) is 0.790. The van der Waals surface area contributed by atoms with Crippen LogP contribution in [-0.4, -0.2) is 44.6 Å². The molecule has 0 bridgehead atoms. The van der Waals surface area contributed by atoms with Crippen molar-refractivity contribution in [3.05, 3.63) is 35.4 Å². The van der Waals surface area contributed by atoms with Crippen molar-refractivity contribution in [2.24, 2.45) is 5.14 Å². The zero-order chi connectivity index (χ0) is 15.5. The number of amides is 1. The van der Waals surface area contributed by atoms with Crippen LogP contribution < -0.4 is 10.5 Å². The number of sulfonamides is 1. The van der Waals surface area contributed by atoms with Crippen molar-refractivity contribution in [2.45, 2.75) is 25.4 Å². The molecule has 21 heavy (non-hydrogen) atoms. The molecule has 2 rings (SSSR count). The minimum Gasteiger partial charge on any atom is -0.358 e. The predicted molar refractivity (Wildman–Crippen MR) is 81.0 cm³/mol. The summed E-state index contributed by atoms with van der Waals surface area (Å²) in [6.07, 6.45) is 1.07. The van der Waals surface area contributed by atoms with Gasteiger partial charge in [-0.25, -0.2) is 13.6 Å². The van der Waals surface area contributed by atoms with E-state index in [9.17, 15) is 13.2 Å². The topological polar surface area (TPSA) is 92.5 Å². The van der Waals surface area contributed by atoms with E-state index in [1.54, 1.807) is 7.05 Å². The molecule has 1 heterocycles. The van der Waals surface area contributed by atoms with E-state index in [1.807, 2.05) is 29.2 Å². The molecule has 0 saturated carbocycles. The number of nitrogens with zero attached hydrogens (tertiary/aromatic N) is 1. The van der Waals surface area contributed by atoms with Crippen LogP contribution in [0.3, 0.4) is 0 Å². The fourth-order valence-corrected chi connectivity index (χ4v) is 3.24. The van der Waals surface area contributed by atoms with Crippen LogP contribution in [0.2, 0.25) is 0 Å². The lowest BCUT2D eigenvalue weighted by Crippen LogP contribution is -2.50. The number of nitrogens with two attached hydrogens (primary N) is 1. The first kappa shape index (κ1) is 15.9. The number of nitrogens with one attached hydrogen (secondary N) is 1. The molecule has 1 amide bonds. The van der Waals surface area contributed by atoms with Crippen molar-refractivity contribution in [2.75, 3.05) is 19.3 Å². The Morgan fingerprint density at radius 2 is 2.05 bits per heavy atom. The molecule has 1 unspecified atom stereocenters. The van der Waals surface area contributed by atoms with Crippen molar-refractivity contribution in [3.8, 4) is 0 Å². The molecule has 6 nitrogen and oxygen atoms in total. The number of primary sulfonamides is 1. The Labute approximate surface area is 125 Å². The van der Waals surface area contributed by atoms with Crippen molar-refractivity contribution in [3.63, 3.8) is 0 Å². The summed E-state index contributed by atoms with van der Waals surface area (Å²) in [6, 6.07) is 7.76. The summed E-state index contributed by atoms with van der Waals surface area (Å²) < 4.78 is 22.0. The van der Waals surface area contributed by atoms with Gasteiger partial charge < -0.3 is 5.32 Å². The van der Waals surface area contributed by atoms with Crippen LogP contribution in [0.5, 0.6) is 0 Å². The molecular weight excluding hydrogens is 290 g/mol. The molecule has 1 aromatic carbocycles. The highest BCUT2D eigenvalue weighted by Gasteiger charge is 2.30. The third-order valence-electron chi connectivity index (χ3n) is 3.77. The molecule has 116 valence electrons. The summed E-state index contributed by atoms with van der Waals surface area (Å²) in [5, 5.41) is 7.70. The molecule has 1 aliphatic heterocycles. The standard InChI is InChI=1S/C14H21N3O3S/c1-16-14(18)13-9-11-5-2-3-6-12(11)10-17(13)7-4-8-21(15,19)20/h2-3,5-6,13H,4,7-10H2,1H3,(H,16,18)(H2,15,19,20). The average Bonchev–Trinajstić information content (AvgIpc) is 2.44. The second kappa shape index (κ2) is 6.55. The number of carbonyl (C=O) groups is 1. The highest BCUT2D eigenvalue weighted by molar-refractivity contribution is 7.89. The normalized spacial score (nSPS) is 19.0. The molecule has 0 saturated heterocycles. The third kappa shape index (κ3) is 4.26. The van der Waals surface area contributed by atoms with E-state index in [2.05, 4.69) is 5.32 Å². The molecule has 3 N–H and O–H groups in total. The average molecular weight is 311 g/mol. The molecule has 1 aromatic rings. The van der Waals surface area contributed by atoms with Crippen molar-refractivity contribution >= 4 is 15.9 Å². The third-order valence-corrected chi connectivity index (χ3v) is 4.63. The minimum atomic E-state index is -3.46. The fourth-order valence-electron chi connectivity index (χ4n) is 2.71. The maximum Gasteiger partial charge on any atom is 0.237 e. The van der Waals surface area contributed by atoms with Crippen LogP contribution in [0.1, 0.15) is 17.5 Å². The van der Waals surface area contributed by atoms with Gasteiger partial charge in [0.1, 0.15) is 0 Å². The number of hydrogen-bond acceptors (Lipinski definition) is 4. The Balaban J connectivity index is 2.11. The van der Waals surface area contributed by atoms with E-state index in [0.29, 0.717) is 25.9 Å². The largest absolute Gasteiger partial charge is 0.358 e. The van der Waals surface area contributed by atoms with Crippen LogP contribution in [-0.2, 0) is 27.8 Å². The summed E-state index contributed by atoms with van der Waals surface area (Å²) in [5.74, 6) is -0.105. The van der Waals surface area contributed by atoms with Gasteiger partial charge in [-0.3, -0.25) is 9.69 Å². The van der Waals surface area contributed by atoms with Gasteiger partial charge in [0.25, 0.3) is 0 Å². The SMILES string of the molecule is CNC(=O)C1Cc2ccccc2CN1CCCS(N)(=O)=O. The van der Waals surface area contributed by atoms with E-state index in [-0.39, 0.29) is 17.7 Å². The molecular formula is C14H21N3O3S. The van der Waals surface area contributed by atoms with Crippen LogP contribution in [0.4, 0.5) is 0 Å². The van der Waals surface area contributed by atoms with Gasteiger partial charge in [0.15, 0.2) is 0 Å². The van der Waals surface area contributed by atoms with Crippen LogP contribution in [0.25, 0.3) is 0 Å². The lowest BCUT2D eigenvalue weighted by molar-refractivity contribution is -0.126. The first-order chi connectivity index (χ1) is 9.90. The van der Waals surface area contributed by atoms with E-state index in [0.717, 1.165) is 0 Å². The van der Waals surface area contributed by atoms with Crippen molar-refractivity contribution in [1.82, 2.24) is 10.2 Å². The van der Waals surface area contributed by atoms with Gasteiger partial charge in [0, 0.05) is 20.1 Å². The van der Waals surface area contributed by atoms with Gasteiger partial charge in [-0.15, -0.1) is 0 Å². The molecule has 1 atom stereocenters. The molecule has 0 fully saturated rings. The monoisotopic (exact) mass is 311 g/mol. The number of likely N-dealkylation sites (N-methyl/N-ethyl adjacent to an activating group) is 1. The smallest absolute Gasteiger partial charge is 0.237 e. The Bertz CT molecular complexity index is 616. The molecule has 7 heteroatoms. The van der Waals surface area contributed by atoms with Crippen molar-refractivity contribution in [1.29, 1.82) is 0 Å². The van der Waals surface area contributed by atoms with Gasteiger partial charge in [-0.05, 0) is 24.0 Å². The fraction of sp³-hybridized carbons (Fsp3) is 0.500. The van der Waals surface area contributed by atoms with Gasteiger partial charge in [-0.2, -0.15) is 0 Å². The molecule has 0 aliphatic carbocycles. The van der Waals surface area contributed by atoms with E-state index in [4.69, 9.17) is 5.14 Å². The van der Waals surface area contributed by atoms with Gasteiger partial charge >= 0.3 is 0 Å². The lowest BCUT2D eigenvalue weighted by Gasteiger charge is -2.35. The highest BCUT2D eigenvalue weighted by Crippen LogP contribution is 2.23. The Hall–Kier alpha value is -1.44. The zero-order valence-electron chi connectivity index (χ0n) is 12.1. The number of rotatable bonds is 5. The van der Waals surface area contributed by atoms with Gasteiger partial charge in [0.2, 0.25) is 15.9 Å². The summed E-state index contributed by atoms with van der Waals surface area (Å²) in [6.45, 7) is 1.18. The zero-order valence-corrected chi connectivity index (χ0v) is 12.9. The molecule has 0 radical (unpaired) electrons. The second-order valence-corrected chi connectivity index (χ2v) is 7.03. The van der Waals surface area contributed by atoms with E-state index in [1.165, 1.54) is 11.1 Å². The minimum absolute atomic E-state index is 0.0416. The summed E-state index contributed by atoms with van der Waals surface area (Å²) in [7, 11) is -1.84. The van der Waals surface area contributed by atoms with Crippen LogP contribution in [0, 0.1) is 0 Å². The Morgan fingerprint density at radius 1 is 1.38 bits per heavy atom. The van der Waals surface area contributed by atoms with Crippen LogP contribution in [0.15, 0.2) is 24.3 Å². The number of benzene rings is 1. The van der Waals surface area contributed by atoms with Crippen LogP contribution >= 0.6 is 0 Å². The summed E-state index contributed by atoms with van der Waals surface area (Å²) in [5.41, 5.74) is 2.36. The van der Waals surface area contributed by atoms with Gasteiger partial charge in [0.05, 0.1) is 11.8 Å². The van der Waals surface area contributed by atoms with Crippen molar-refractivity contribution < 1.29 is 13.2 Å². The Kier molecular flexibility index (Phi) is 4.97. The lowest BCUT2D eigenvalue weighted by atomic mass is 9.93. The number of hydrogen-bond donors (Lipinski definition) is 2. The van der Waals surface area contributed by atoms with Gasteiger partial charge in [-0.1, -0.05) is 24.3 Å². The Morgan fingerprint density at radius 3 is 2.67 bits per heavy atom. The molecule has 0 spiro atoms. The van der Waals surface area contributed by atoms with E-state index >= 15 is 0 Å². The van der Waals surface area contributed by atoms with E-state index < -0.39 is 10.0 Å². The molecule has 0 aromatic heterocycles. The second-order valence-electron chi connectivity index (χ2n) is 5.29. The summed E-state index contributed by atoms with van der Waals surface area (Å²) in [4.78, 5) is 14.1. The maximum atomic E-state index is 12.1. The maximum absolute atomic E-state index is 12.1. The molecule has 1 aliphatic rings. The summed E-state index contributed by atoms with van der Waals surface area (Å²) >= 11 is 0. The first-order valence-electron chi connectivity index (χ1n) is 6.93. The number of carbonyl (C=O) groups excluding carboxylic acids is 1. The first-order valence-corrected chi connectivity index (χ1v) is 8.65. The number of fused-ring (bicyclic) bond motifs is 1. The highest BCUT2D eigenvalue weighted by atomic mass is 32.2.